The van der Waals surface area contributed by atoms with Crippen molar-refractivity contribution in [3.05, 3.63) is 60.8 Å². The number of amides is 2. The first-order valence-electron chi connectivity index (χ1n) is 8.64. The van der Waals surface area contributed by atoms with E-state index in [2.05, 4.69) is 10.3 Å². The van der Waals surface area contributed by atoms with Crippen LogP contribution in [-0.2, 0) is 9.59 Å². The molecule has 0 atom stereocenters. The van der Waals surface area contributed by atoms with Crippen molar-refractivity contribution in [2.75, 3.05) is 23.9 Å². The molecule has 0 aliphatic rings. The fourth-order valence-electron chi connectivity index (χ4n) is 2.86. The molecule has 0 spiro atoms. The van der Waals surface area contributed by atoms with Gasteiger partial charge < -0.3 is 15.0 Å². The van der Waals surface area contributed by atoms with Gasteiger partial charge in [0.15, 0.2) is 0 Å². The van der Waals surface area contributed by atoms with Crippen molar-refractivity contribution in [3.63, 3.8) is 0 Å². The lowest BCUT2D eigenvalue weighted by molar-refractivity contribution is -0.117. The highest BCUT2D eigenvalue weighted by atomic mass is 16.5. The van der Waals surface area contributed by atoms with Crippen LogP contribution in [0.25, 0.3) is 10.9 Å². The molecular formula is C21H21N3O3. The molecule has 0 bridgehead atoms. The van der Waals surface area contributed by atoms with Crippen LogP contribution in [0.4, 0.5) is 11.4 Å². The summed E-state index contributed by atoms with van der Waals surface area (Å²) in [6, 6.07) is 16.6. The standard InChI is InChI=1S/C21H21N3O3/c1-15(25)24(17-8-10-18(27-2)11-9-17)14-12-20(26)23-19-7-3-5-16-6-4-13-22-21(16)19/h3-11,13H,12,14H2,1-2H3,(H,23,26). The summed E-state index contributed by atoms with van der Waals surface area (Å²) in [6.45, 7) is 1.77. The third-order valence-electron chi connectivity index (χ3n) is 4.23. The number of benzene rings is 2. The van der Waals surface area contributed by atoms with E-state index in [1.54, 1.807) is 42.5 Å². The summed E-state index contributed by atoms with van der Waals surface area (Å²) >= 11 is 0. The molecule has 0 unspecified atom stereocenters. The van der Waals surface area contributed by atoms with Crippen molar-refractivity contribution < 1.29 is 14.3 Å². The highest BCUT2D eigenvalue weighted by molar-refractivity contribution is 6.01. The lowest BCUT2D eigenvalue weighted by Crippen LogP contribution is -2.31. The second kappa shape index (κ2) is 8.31. The van der Waals surface area contributed by atoms with Gasteiger partial charge in [-0.05, 0) is 36.4 Å². The second-order valence-corrected chi connectivity index (χ2v) is 6.05. The number of fused-ring (bicyclic) bond motifs is 1. The van der Waals surface area contributed by atoms with E-state index in [0.717, 1.165) is 16.6 Å². The van der Waals surface area contributed by atoms with E-state index in [1.165, 1.54) is 6.92 Å². The number of ether oxygens (including phenoxy) is 1. The van der Waals surface area contributed by atoms with E-state index in [0.29, 0.717) is 11.4 Å². The number of hydrogen-bond acceptors (Lipinski definition) is 4. The molecule has 0 saturated carbocycles. The van der Waals surface area contributed by atoms with Crippen LogP contribution in [0.1, 0.15) is 13.3 Å². The Kier molecular flexibility index (Phi) is 5.66. The highest BCUT2D eigenvalue weighted by Gasteiger charge is 2.14. The summed E-state index contributed by atoms with van der Waals surface area (Å²) in [6.07, 6.45) is 1.87. The van der Waals surface area contributed by atoms with Gasteiger partial charge in [-0.2, -0.15) is 0 Å². The Morgan fingerprint density at radius 1 is 1.07 bits per heavy atom. The van der Waals surface area contributed by atoms with Gasteiger partial charge in [-0.3, -0.25) is 14.6 Å². The Morgan fingerprint density at radius 3 is 2.52 bits per heavy atom. The number of aromatic nitrogens is 1. The summed E-state index contributed by atoms with van der Waals surface area (Å²) < 4.78 is 5.14. The van der Waals surface area contributed by atoms with E-state index in [1.807, 2.05) is 30.3 Å². The fourth-order valence-corrected chi connectivity index (χ4v) is 2.86. The molecule has 1 heterocycles. The van der Waals surface area contributed by atoms with Crippen molar-refractivity contribution in [1.29, 1.82) is 0 Å². The minimum atomic E-state index is -0.173. The van der Waals surface area contributed by atoms with Gasteiger partial charge in [-0.15, -0.1) is 0 Å². The van der Waals surface area contributed by atoms with Crippen LogP contribution < -0.4 is 15.0 Å². The van der Waals surface area contributed by atoms with Gasteiger partial charge in [0.25, 0.3) is 0 Å². The van der Waals surface area contributed by atoms with E-state index in [9.17, 15) is 9.59 Å². The SMILES string of the molecule is COc1ccc(N(CCC(=O)Nc2cccc3cccnc23)C(C)=O)cc1. The number of rotatable bonds is 6. The second-order valence-electron chi connectivity index (χ2n) is 6.05. The Hall–Kier alpha value is -3.41. The van der Waals surface area contributed by atoms with Crippen molar-refractivity contribution in [1.82, 2.24) is 4.98 Å². The molecule has 1 aromatic heterocycles. The van der Waals surface area contributed by atoms with Crippen molar-refractivity contribution in [2.45, 2.75) is 13.3 Å². The first-order valence-corrected chi connectivity index (χ1v) is 8.64. The zero-order valence-corrected chi connectivity index (χ0v) is 15.3. The van der Waals surface area contributed by atoms with Crippen molar-refractivity contribution >= 4 is 34.1 Å². The normalized spacial score (nSPS) is 10.4. The molecule has 6 nitrogen and oxygen atoms in total. The van der Waals surface area contributed by atoms with Gasteiger partial charge in [0.05, 0.1) is 18.3 Å². The first-order chi connectivity index (χ1) is 13.1. The minimum Gasteiger partial charge on any atom is -0.497 e. The van der Waals surface area contributed by atoms with E-state index >= 15 is 0 Å². The summed E-state index contributed by atoms with van der Waals surface area (Å²) in [5.74, 6) is 0.413. The number of carbonyl (C=O) groups excluding carboxylic acids is 2. The molecule has 0 saturated heterocycles. The van der Waals surface area contributed by atoms with Crippen molar-refractivity contribution in [3.8, 4) is 5.75 Å². The van der Waals surface area contributed by atoms with Crippen LogP contribution in [0, 0.1) is 0 Å². The monoisotopic (exact) mass is 363 g/mol. The van der Waals surface area contributed by atoms with Crippen LogP contribution in [0.3, 0.4) is 0 Å². The average Bonchev–Trinajstić information content (AvgIpc) is 2.68. The number of para-hydroxylation sites is 1. The number of carbonyl (C=O) groups is 2. The Bertz CT molecular complexity index is 949. The first kappa shape index (κ1) is 18.4. The molecule has 3 rings (SSSR count). The lowest BCUT2D eigenvalue weighted by Gasteiger charge is -2.21. The van der Waals surface area contributed by atoms with Crippen LogP contribution >= 0.6 is 0 Å². The maximum atomic E-state index is 12.4. The number of methoxy groups -OCH3 is 1. The largest absolute Gasteiger partial charge is 0.497 e. The average molecular weight is 363 g/mol. The molecule has 138 valence electrons. The van der Waals surface area contributed by atoms with Crippen molar-refractivity contribution in [2.24, 2.45) is 0 Å². The molecule has 27 heavy (non-hydrogen) atoms. The number of pyridine rings is 1. The third kappa shape index (κ3) is 4.41. The number of nitrogens with one attached hydrogen (secondary N) is 1. The van der Waals surface area contributed by atoms with Gasteiger partial charge in [0.1, 0.15) is 5.75 Å². The quantitative estimate of drug-likeness (QED) is 0.726. The predicted octanol–water partition coefficient (Wildman–Crippen LogP) is 3.63. The molecule has 6 heteroatoms. The van der Waals surface area contributed by atoms with Gasteiger partial charge in [0.2, 0.25) is 11.8 Å². The van der Waals surface area contributed by atoms with Crippen LogP contribution in [0.2, 0.25) is 0 Å². The van der Waals surface area contributed by atoms with Crippen LogP contribution in [0.5, 0.6) is 5.75 Å². The smallest absolute Gasteiger partial charge is 0.226 e. The van der Waals surface area contributed by atoms with E-state index < -0.39 is 0 Å². The van der Waals surface area contributed by atoms with Crippen LogP contribution in [-0.4, -0.2) is 30.5 Å². The molecular weight excluding hydrogens is 342 g/mol. The fraction of sp³-hybridized carbons (Fsp3) is 0.190. The van der Waals surface area contributed by atoms with Gasteiger partial charge in [0, 0.05) is 37.2 Å². The molecule has 1 N–H and O–H groups in total. The van der Waals surface area contributed by atoms with Crippen LogP contribution in [0.15, 0.2) is 60.8 Å². The molecule has 3 aromatic rings. The molecule has 0 fully saturated rings. The predicted molar refractivity (Wildman–Crippen MR) is 106 cm³/mol. The van der Waals surface area contributed by atoms with E-state index in [4.69, 9.17) is 4.74 Å². The minimum absolute atomic E-state index is 0.125. The van der Waals surface area contributed by atoms with E-state index in [-0.39, 0.29) is 24.8 Å². The zero-order valence-electron chi connectivity index (χ0n) is 15.3. The van der Waals surface area contributed by atoms with Gasteiger partial charge >= 0.3 is 0 Å². The summed E-state index contributed by atoms with van der Waals surface area (Å²) in [5.41, 5.74) is 2.13. The van der Waals surface area contributed by atoms with Gasteiger partial charge in [-0.25, -0.2) is 0 Å². The number of nitrogens with zero attached hydrogens (tertiary/aromatic N) is 2. The number of anilines is 2. The Balaban J connectivity index is 1.68. The molecule has 0 radical (unpaired) electrons. The highest BCUT2D eigenvalue weighted by Crippen LogP contribution is 2.22. The maximum Gasteiger partial charge on any atom is 0.226 e. The molecule has 0 aliphatic heterocycles. The Labute approximate surface area is 157 Å². The molecule has 0 aliphatic carbocycles. The summed E-state index contributed by atoms with van der Waals surface area (Å²) in [4.78, 5) is 30.3. The lowest BCUT2D eigenvalue weighted by atomic mass is 10.2. The number of hydrogen-bond donors (Lipinski definition) is 1. The molecule has 2 aromatic carbocycles. The zero-order chi connectivity index (χ0) is 19.2. The Morgan fingerprint density at radius 2 is 1.81 bits per heavy atom. The maximum absolute atomic E-state index is 12.4. The molecule has 2 amide bonds. The summed E-state index contributed by atoms with van der Waals surface area (Å²) in [5, 5.41) is 3.85. The van der Waals surface area contributed by atoms with Gasteiger partial charge in [-0.1, -0.05) is 18.2 Å². The summed E-state index contributed by atoms with van der Waals surface area (Å²) in [7, 11) is 1.59. The topological polar surface area (TPSA) is 71.5 Å². The third-order valence-corrected chi connectivity index (χ3v) is 4.23.